The Balaban J connectivity index is 1.27. The number of amides is 1. The van der Waals surface area contributed by atoms with Gasteiger partial charge in [0, 0.05) is 31.1 Å². The van der Waals surface area contributed by atoms with Gasteiger partial charge in [-0.3, -0.25) is 4.79 Å². The number of hydrogen-bond donors (Lipinski definition) is 1. The summed E-state index contributed by atoms with van der Waals surface area (Å²) >= 11 is 0. The van der Waals surface area contributed by atoms with Crippen LogP contribution < -0.4 is 5.32 Å². The molecule has 0 unspecified atom stereocenters. The predicted molar refractivity (Wildman–Crippen MR) is 83.0 cm³/mol. The highest BCUT2D eigenvalue weighted by atomic mass is 19.1. The second-order valence-corrected chi connectivity index (χ2v) is 7.05. The van der Waals surface area contributed by atoms with Gasteiger partial charge in [0.15, 0.2) is 0 Å². The summed E-state index contributed by atoms with van der Waals surface area (Å²) in [6, 6.07) is 7.83. The molecule has 0 aromatic heterocycles. The van der Waals surface area contributed by atoms with Gasteiger partial charge in [-0.1, -0.05) is 12.1 Å². The fourth-order valence-electron chi connectivity index (χ4n) is 3.75. The van der Waals surface area contributed by atoms with Gasteiger partial charge < -0.3 is 10.2 Å². The zero-order valence-electron chi connectivity index (χ0n) is 12.8. The quantitative estimate of drug-likeness (QED) is 0.927. The maximum Gasteiger partial charge on any atom is 0.223 e. The maximum atomic E-state index is 13.3. The first-order valence-corrected chi connectivity index (χ1v) is 8.50. The molecule has 0 bridgehead atoms. The molecule has 3 fully saturated rings. The fraction of sp³-hybridized carbons (Fsp3) is 0.611. The largest absolute Gasteiger partial charge is 0.353 e. The van der Waals surface area contributed by atoms with Gasteiger partial charge in [0.2, 0.25) is 5.91 Å². The van der Waals surface area contributed by atoms with Crippen molar-refractivity contribution in [3.8, 4) is 0 Å². The van der Waals surface area contributed by atoms with E-state index in [-0.39, 0.29) is 23.6 Å². The van der Waals surface area contributed by atoms with Gasteiger partial charge in [0.05, 0.1) is 0 Å². The summed E-state index contributed by atoms with van der Waals surface area (Å²) in [7, 11) is 0. The zero-order chi connectivity index (χ0) is 15.1. The molecule has 118 valence electrons. The van der Waals surface area contributed by atoms with Crippen LogP contribution in [0.15, 0.2) is 24.3 Å². The van der Waals surface area contributed by atoms with Crippen molar-refractivity contribution in [3.63, 3.8) is 0 Å². The van der Waals surface area contributed by atoms with E-state index < -0.39 is 0 Å². The Morgan fingerprint density at radius 2 is 1.95 bits per heavy atom. The van der Waals surface area contributed by atoms with Gasteiger partial charge in [-0.05, 0) is 55.7 Å². The lowest BCUT2D eigenvalue weighted by Crippen LogP contribution is -2.45. The molecule has 4 heteroatoms. The average Bonchev–Trinajstić information content (AvgIpc) is 3.39. The molecule has 1 aromatic carbocycles. The van der Waals surface area contributed by atoms with Crippen molar-refractivity contribution in [2.24, 2.45) is 5.92 Å². The van der Waals surface area contributed by atoms with Crippen molar-refractivity contribution in [3.05, 3.63) is 35.6 Å². The summed E-state index contributed by atoms with van der Waals surface area (Å²) in [5.41, 5.74) is 0.962. The highest BCUT2D eigenvalue weighted by Gasteiger charge is 2.44. The van der Waals surface area contributed by atoms with Gasteiger partial charge >= 0.3 is 0 Å². The van der Waals surface area contributed by atoms with Gasteiger partial charge in [0.25, 0.3) is 0 Å². The number of carbonyl (C=O) groups is 1. The monoisotopic (exact) mass is 302 g/mol. The summed E-state index contributed by atoms with van der Waals surface area (Å²) in [5.74, 6) is 0.209. The van der Waals surface area contributed by atoms with Crippen LogP contribution in [0.2, 0.25) is 0 Å². The maximum absolute atomic E-state index is 13.3. The van der Waals surface area contributed by atoms with E-state index in [1.54, 1.807) is 12.1 Å². The van der Waals surface area contributed by atoms with E-state index in [2.05, 4.69) is 10.2 Å². The van der Waals surface area contributed by atoms with Crippen LogP contribution in [0.1, 0.15) is 43.6 Å². The normalized spacial score (nSPS) is 29.3. The summed E-state index contributed by atoms with van der Waals surface area (Å²) < 4.78 is 13.3. The van der Waals surface area contributed by atoms with Crippen LogP contribution >= 0.6 is 0 Å². The van der Waals surface area contributed by atoms with Crippen LogP contribution in [0.3, 0.4) is 0 Å². The van der Waals surface area contributed by atoms with Gasteiger partial charge in [-0.25, -0.2) is 4.39 Å². The molecule has 0 radical (unpaired) electrons. The molecule has 2 aliphatic carbocycles. The molecular formula is C18H23FN2O. The summed E-state index contributed by atoms with van der Waals surface area (Å²) in [6.07, 6.45) is 5.71. The predicted octanol–water partition coefficient (Wildman–Crippen LogP) is 2.67. The van der Waals surface area contributed by atoms with Crippen LogP contribution in [0.5, 0.6) is 0 Å². The molecule has 0 spiro atoms. The highest BCUT2D eigenvalue weighted by molar-refractivity contribution is 5.83. The average molecular weight is 302 g/mol. The number of rotatable bonds is 4. The van der Waals surface area contributed by atoms with E-state index in [1.807, 2.05) is 6.07 Å². The van der Waals surface area contributed by atoms with Crippen LogP contribution in [0.25, 0.3) is 0 Å². The minimum Gasteiger partial charge on any atom is -0.353 e. The molecule has 1 N–H and O–H groups in total. The second-order valence-electron chi connectivity index (χ2n) is 7.05. The first kappa shape index (κ1) is 14.2. The molecule has 1 heterocycles. The Morgan fingerprint density at radius 1 is 1.18 bits per heavy atom. The Hall–Kier alpha value is -1.42. The zero-order valence-corrected chi connectivity index (χ0v) is 12.8. The third-order valence-corrected chi connectivity index (χ3v) is 5.34. The van der Waals surface area contributed by atoms with Gasteiger partial charge in [-0.2, -0.15) is 0 Å². The van der Waals surface area contributed by atoms with Crippen molar-refractivity contribution in [1.29, 1.82) is 0 Å². The summed E-state index contributed by atoms with van der Waals surface area (Å²) in [5, 5.41) is 3.22. The van der Waals surface area contributed by atoms with Gasteiger partial charge in [-0.15, -0.1) is 0 Å². The van der Waals surface area contributed by atoms with E-state index in [0.29, 0.717) is 6.04 Å². The standard InChI is InChI=1S/C18H23FN2O/c19-13-3-1-2-12(10-13)16-11-17(16)18(22)20-14-6-8-21(9-7-14)15-4-5-15/h1-3,10,14-17H,4-9,11H2,(H,20,22)/t16-,17-/m1/s1. The number of piperidine rings is 1. The number of likely N-dealkylation sites (tertiary alicyclic amines) is 1. The second kappa shape index (κ2) is 5.65. The fourth-order valence-corrected chi connectivity index (χ4v) is 3.75. The molecule has 4 rings (SSSR count). The first-order valence-electron chi connectivity index (χ1n) is 8.50. The third-order valence-electron chi connectivity index (χ3n) is 5.34. The van der Waals surface area contributed by atoms with Crippen LogP contribution in [-0.2, 0) is 4.79 Å². The lowest BCUT2D eigenvalue weighted by molar-refractivity contribution is -0.123. The van der Waals surface area contributed by atoms with E-state index >= 15 is 0 Å². The SMILES string of the molecule is O=C(NC1CCN(C2CC2)CC1)[C@@H]1C[C@@H]1c1cccc(F)c1. The molecule has 3 aliphatic rings. The van der Waals surface area contributed by atoms with E-state index in [9.17, 15) is 9.18 Å². The van der Waals surface area contributed by atoms with Crippen molar-refractivity contribution in [2.45, 2.75) is 50.1 Å². The van der Waals surface area contributed by atoms with E-state index in [4.69, 9.17) is 0 Å². The molecule has 2 atom stereocenters. The Morgan fingerprint density at radius 3 is 2.64 bits per heavy atom. The molecule has 1 saturated heterocycles. The molecule has 1 amide bonds. The van der Waals surface area contributed by atoms with E-state index in [1.165, 1.54) is 18.9 Å². The molecule has 1 aliphatic heterocycles. The topological polar surface area (TPSA) is 32.3 Å². The summed E-state index contributed by atoms with van der Waals surface area (Å²) in [6.45, 7) is 2.24. The number of benzene rings is 1. The molecule has 2 saturated carbocycles. The first-order chi connectivity index (χ1) is 10.7. The number of nitrogens with one attached hydrogen (secondary N) is 1. The smallest absolute Gasteiger partial charge is 0.223 e. The molecular weight excluding hydrogens is 279 g/mol. The summed E-state index contributed by atoms with van der Waals surface area (Å²) in [4.78, 5) is 14.9. The van der Waals surface area contributed by atoms with E-state index in [0.717, 1.165) is 44.0 Å². The minimum absolute atomic E-state index is 0.0447. The number of halogens is 1. The van der Waals surface area contributed by atoms with Gasteiger partial charge in [0.1, 0.15) is 5.82 Å². The van der Waals surface area contributed by atoms with Crippen molar-refractivity contribution in [2.75, 3.05) is 13.1 Å². The Bertz CT molecular complexity index is 564. The number of carbonyl (C=O) groups excluding carboxylic acids is 1. The lowest BCUT2D eigenvalue weighted by atomic mass is 10.0. The number of hydrogen-bond acceptors (Lipinski definition) is 2. The third kappa shape index (κ3) is 3.02. The van der Waals surface area contributed by atoms with Crippen LogP contribution in [0.4, 0.5) is 4.39 Å². The Kier molecular flexibility index (Phi) is 3.65. The Labute approximate surface area is 130 Å². The molecule has 1 aromatic rings. The van der Waals surface area contributed by atoms with Crippen LogP contribution in [-0.4, -0.2) is 36.0 Å². The lowest BCUT2D eigenvalue weighted by Gasteiger charge is -2.32. The highest BCUT2D eigenvalue weighted by Crippen LogP contribution is 2.47. The molecule has 22 heavy (non-hydrogen) atoms. The molecule has 3 nitrogen and oxygen atoms in total. The van der Waals surface area contributed by atoms with Crippen molar-refractivity contribution in [1.82, 2.24) is 10.2 Å². The van der Waals surface area contributed by atoms with Crippen molar-refractivity contribution < 1.29 is 9.18 Å². The van der Waals surface area contributed by atoms with Crippen molar-refractivity contribution >= 4 is 5.91 Å². The van der Waals surface area contributed by atoms with Crippen LogP contribution in [0, 0.1) is 11.7 Å². The minimum atomic E-state index is -0.212. The number of nitrogens with zero attached hydrogens (tertiary/aromatic N) is 1.